The minimum atomic E-state index is 0.951. The molecule has 0 aromatic heterocycles. The first kappa shape index (κ1) is 29.0. The Morgan fingerprint density at radius 1 is 0.574 bits per heavy atom. The van der Waals surface area contributed by atoms with Crippen LogP contribution < -0.4 is 10.4 Å². The first-order valence-corrected chi connectivity index (χ1v) is 17.0. The minimum Gasteiger partial charge on any atom is -0.0801 e. The van der Waals surface area contributed by atoms with Gasteiger partial charge in [0.15, 0.2) is 0 Å². The Balaban J connectivity index is 1.72. The summed E-state index contributed by atoms with van der Waals surface area (Å²) in [5, 5.41) is 5.36. The van der Waals surface area contributed by atoms with Crippen LogP contribution in [0.2, 0.25) is 0 Å². The molecule has 8 rings (SSSR count). The molecule has 6 aromatic rings. The van der Waals surface area contributed by atoms with Crippen LogP contribution in [0.25, 0.3) is 39.5 Å². The third-order valence-electron chi connectivity index (χ3n) is 9.79. The van der Waals surface area contributed by atoms with Crippen LogP contribution in [0, 0.1) is 10.4 Å². The van der Waals surface area contributed by atoms with E-state index in [0.29, 0.717) is 0 Å². The van der Waals surface area contributed by atoms with Gasteiger partial charge in [0.1, 0.15) is 0 Å². The summed E-state index contributed by atoms with van der Waals surface area (Å²) in [6, 6.07) is 49.0. The van der Waals surface area contributed by atoms with E-state index in [2.05, 4.69) is 172 Å². The van der Waals surface area contributed by atoms with Gasteiger partial charge in [-0.2, -0.15) is 0 Å². The summed E-state index contributed by atoms with van der Waals surface area (Å²) in [4.78, 5) is 0. The predicted octanol–water partition coefficient (Wildman–Crippen LogP) is 10.2. The van der Waals surface area contributed by atoms with Crippen LogP contribution in [0.5, 0.6) is 0 Å². The molecule has 2 aliphatic rings. The predicted molar refractivity (Wildman–Crippen MR) is 199 cm³/mol. The van der Waals surface area contributed by atoms with E-state index in [0.717, 1.165) is 19.3 Å². The zero-order chi connectivity index (χ0) is 31.7. The molecule has 0 heterocycles. The maximum Gasteiger partial charge on any atom is -0.000776 e. The molecule has 0 aliphatic heterocycles. The van der Waals surface area contributed by atoms with Gasteiger partial charge in [-0.1, -0.05) is 166 Å². The van der Waals surface area contributed by atoms with Crippen LogP contribution >= 0.6 is 0 Å². The molecule has 0 spiro atoms. The second kappa shape index (κ2) is 12.4. The number of benzene rings is 6. The van der Waals surface area contributed by atoms with Gasteiger partial charge in [-0.25, -0.2) is 0 Å². The van der Waals surface area contributed by atoms with Crippen LogP contribution in [-0.2, 0) is 12.8 Å². The van der Waals surface area contributed by atoms with Crippen LogP contribution in [0.4, 0.5) is 0 Å². The maximum atomic E-state index is 2.51. The molecule has 226 valence electrons. The Kier molecular flexibility index (Phi) is 7.63. The van der Waals surface area contributed by atoms with E-state index >= 15 is 0 Å². The van der Waals surface area contributed by atoms with Crippen LogP contribution in [-0.4, -0.2) is 0 Å². The Labute approximate surface area is 277 Å². The summed E-state index contributed by atoms with van der Waals surface area (Å²) in [6.45, 7) is 4.60. The molecular formula is C47H38. The summed E-state index contributed by atoms with van der Waals surface area (Å²) in [6.07, 6.45) is 12.3. The fraction of sp³-hybridized carbons (Fsp3) is 0.106. The van der Waals surface area contributed by atoms with E-state index in [-0.39, 0.29) is 0 Å². The van der Waals surface area contributed by atoms with Crippen molar-refractivity contribution in [2.24, 2.45) is 0 Å². The van der Waals surface area contributed by atoms with Crippen LogP contribution in [0.15, 0.2) is 152 Å². The number of fused-ring (bicyclic) bond motifs is 2. The molecule has 0 atom stereocenters. The number of hydrogen-bond donors (Lipinski definition) is 0. The van der Waals surface area contributed by atoms with Gasteiger partial charge in [0.25, 0.3) is 0 Å². The zero-order valence-corrected chi connectivity index (χ0v) is 27.1. The highest BCUT2D eigenvalue weighted by molar-refractivity contribution is 5.93. The van der Waals surface area contributed by atoms with Crippen molar-refractivity contribution in [1.82, 2.24) is 0 Å². The fourth-order valence-electron chi connectivity index (χ4n) is 7.76. The Morgan fingerprint density at radius 2 is 1.15 bits per heavy atom. The summed E-state index contributed by atoms with van der Waals surface area (Å²) in [5.74, 6) is 0. The lowest BCUT2D eigenvalue weighted by Gasteiger charge is -2.22. The van der Waals surface area contributed by atoms with Gasteiger partial charge in [-0.05, 0) is 113 Å². The molecule has 0 saturated heterocycles. The van der Waals surface area contributed by atoms with Crippen molar-refractivity contribution < 1.29 is 0 Å². The van der Waals surface area contributed by atoms with Gasteiger partial charge < -0.3 is 0 Å². The molecule has 0 heteroatoms. The first-order valence-electron chi connectivity index (χ1n) is 17.0. The molecule has 0 fully saturated rings. The molecule has 6 aromatic carbocycles. The van der Waals surface area contributed by atoms with E-state index in [1.54, 1.807) is 0 Å². The standard InChI is InChI=1S/C47H38/c1-3-32-29-38-31-41-43(35-27-17-18-28-35)39(4-2)44(36-23-13-7-14-24-36)46(37-25-15-8-16-26-37)47(41)45(38)40(30-32)42(33-19-9-5-10-20-33)34-21-11-6-12-22-34/h5-27,29-31H,3-4,28H2,1-2H3. The van der Waals surface area contributed by atoms with Crippen molar-refractivity contribution in [3.8, 4) is 22.3 Å². The monoisotopic (exact) mass is 602 g/mol. The number of rotatable bonds is 7. The van der Waals surface area contributed by atoms with E-state index in [1.807, 2.05) is 0 Å². The largest absolute Gasteiger partial charge is 0.0801 e. The zero-order valence-electron chi connectivity index (χ0n) is 27.1. The van der Waals surface area contributed by atoms with E-state index in [1.165, 1.54) is 87.7 Å². The van der Waals surface area contributed by atoms with Gasteiger partial charge in [0.2, 0.25) is 0 Å². The molecule has 0 unspecified atom stereocenters. The number of aryl methyl sites for hydroxylation is 1. The molecule has 0 bridgehead atoms. The van der Waals surface area contributed by atoms with Crippen LogP contribution in [0.1, 0.15) is 53.6 Å². The Morgan fingerprint density at radius 3 is 1.68 bits per heavy atom. The third-order valence-corrected chi connectivity index (χ3v) is 9.79. The minimum absolute atomic E-state index is 0.951. The van der Waals surface area contributed by atoms with Crippen molar-refractivity contribution in [3.05, 3.63) is 206 Å². The number of hydrogen-bond acceptors (Lipinski definition) is 0. The quantitative estimate of drug-likeness (QED) is 0.170. The summed E-state index contributed by atoms with van der Waals surface area (Å²) in [5.41, 5.74) is 15.9. The molecule has 0 radical (unpaired) electrons. The lowest BCUT2D eigenvalue weighted by atomic mass is 9.81. The smallest absolute Gasteiger partial charge is 0.000776 e. The average molecular weight is 603 g/mol. The fourth-order valence-corrected chi connectivity index (χ4v) is 7.76. The number of allylic oxidation sites excluding steroid dienone is 4. The lowest BCUT2D eigenvalue weighted by molar-refractivity contribution is 1.11. The van der Waals surface area contributed by atoms with Gasteiger partial charge in [0.05, 0.1) is 0 Å². The first-order chi connectivity index (χ1) is 23.3. The molecule has 2 aliphatic carbocycles. The lowest BCUT2D eigenvalue weighted by Crippen LogP contribution is -2.18. The van der Waals surface area contributed by atoms with Gasteiger partial charge >= 0.3 is 0 Å². The normalized spacial score (nSPS) is 12.8. The molecule has 47 heavy (non-hydrogen) atoms. The molecule has 0 N–H and O–H groups in total. The topological polar surface area (TPSA) is 0 Å². The van der Waals surface area contributed by atoms with E-state index < -0.39 is 0 Å². The van der Waals surface area contributed by atoms with Gasteiger partial charge in [-0.15, -0.1) is 0 Å². The highest BCUT2D eigenvalue weighted by atomic mass is 14.3. The Hall–Kier alpha value is -5.46. The second-order valence-corrected chi connectivity index (χ2v) is 12.5. The third kappa shape index (κ3) is 5.02. The van der Waals surface area contributed by atoms with Crippen LogP contribution in [0.3, 0.4) is 0 Å². The van der Waals surface area contributed by atoms with Gasteiger partial charge in [0, 0.05) is 0 Å². The Bertz CT molecular complexity index is 2350. The summed E-state index contributed by atoms with van der Waals surface area (Å²) < 4.78 is 0. The molecule has 0 nitrogen and oxygen atoms in total. The highest BCUT2D eigenvalue weighted by Crippen LogP contribution is 2.40. The van der Waals surface area contributed by atoms with E-state index in [4.69, 9.17) is 0 Å². The maximum absolute atomic E-state index is 2.51. The van der Waals surface area contributed by atoms with Crippen molar-refractivity contribution >= 4 is 17.2 Å². The SMILES string of the molecule is CCc1cc2c(c(=C(c3ccccc3)c3ccccc3)c1)=c1c(-c3ccccc3)c(-c3ccccc3)c(CC)c(C3=CC=CC3)c1=C2. The second-order valence-electron chi connectivity index (χ2n) is 12.5. The average Bonchev–Trinajstić information content (AvgIpc) is 3.81. The van der Waals surface area contributed by atoms with Gasteiger partial charge in [-0.3, -0.25) is 0 Å². The summed E-state index contributed by atoms with van der Waals surface area (Å²) >= 11 is 0. The van der Waals surface area contributed by atoms with E-state index in [9.17, 15) is 0 Å². The molecular weight excluding hydrogens is 565 g/mol. The summed E-state index contributed by atoms with van der Waals surface area (Å²) in [7, 11) is 0. The van der Waals surface area contributed by atoms with Crippen molar-refractivity contribution in [1.29, 1.82) is 0 Å². The molecule has 0 saturated carbocycles. The highest BCUT2D eigenvalue weighted by Gasteiger charge is 2.25. The molecule has 0 amide bonds. The van der Waals surface area contributed by atoms with Crippen molar-refractivity contribution in [3.63, 3.8) is 0 Å². The van der Waals surface area contributed by atoms with Crippen molar-refractivity contribution in [2.45, 2.75) is 33.1 Å². The van der Waals surface area contributed by atoms with Crippen molar-refractivity contribution in [2.75, 3.05) is 0 Å².